The van der Waals surface area contributed by atoms with Crippen molar-refractivity contribution in [1.82, 2.24) is 0 Å². The highest BCUT2D eigenvalue weighted by atomic mass is 16.5. The molecule has 2 rings (SSSR count). The van der Waals surface area contributed by atoms with Crippen LogP contribution in [0.2, 0.25) is 0 Å². The number of methoxy groups -OCH3 is 1. The van der Waals surface area contributed by atoms with Crippen LogP contribution >= 0.6 is 0 Å². The van der Waals surface area contributed by atoms with Gasteiger partial charge in [0.05, 0.1) is 18.8 Å². The minimum Gasteiger partial charge on any atom is -0.493 e. The second kappa shape index (κ2) is 7.70. The van der Waals surface area contributed by atoms with E-state index < -0.39 is 5.97 Å². The number of benzene rings is 2. The fourth-order valence-corrected chi connectivity index (χ4v) is 2.24. The maximum atomic E-state index is 12.5. The second-order valence-corrected chi connectivity index (χ2v) is 5.82. The van der Waals surface area contributed by atoms with Crippen molar-refractivity contribution in [2.75, 3.05) is 12.4 Å². The highest BCUT2D eigenvalue weighted by molar-refractivity contribution is 6.05. The predicted molar refractivity (Wildman–Crippen MR) is 94.8 cm³/mol. The summed E-state index contributed by atoms with van der Waals surface area (Å²) in [6.45, 7) is 5.60. The molecule has 0 spiro atoms. The van der Waals surface area contributed by atoms with E-state index in [1.54, 1.807) is 31.2 Å². The van der Waals surface area contributed by atoms with E-state index >= 15 is 0 Å². The minimum atomic E-state index is -1.05. The fraction of sp³-hybridized carbons (Fsp3) is 0.263. The number of aromatic carboxylic acids is 1. The molecule has 2 aromatic carbocycles. The van der Waals surface area contributed by atoms with Gasteiger partial charge in [-0.05, 0) is 56.7 Å². The first-order valence-electron chi connectivity index (χ1n) is 7.81. The van der Waals surface area contributed by atoms with Crippen LogP contribution in [0.25, 0.3) is 0 Å². The summed E-state index contributed by atoms with van der Waals surface area (Å²) < 4.78 is 10.9. The molecule has 0 saturated heterocycles. The Morgan fingerprint density at radius 2 is 1.72 bits per heavy atom. The summed E-state index contributed by atoms with van der Waals surface area (Å²) in [5.41, 5.74) is 1.71. The summed E-state index contributed by atoms with van der Waals surface area (Å²) in [4.78, 5) is 23.6. The molecule has 2 N–H and O–H groups in total. The molecule has 25 heavy (non-hydrogen) atoms. The Balaban J connectivity index is 2.26. The molecule has 0 aliphatic carbocycles. The molecule has 0 heterocycles. The van der Waals surface area contributed by atoms with Crippen molar-refractivity contribution in [1.29, 1.82) is 0 Å². The average Bonchev–Trinajstić information content (AvgIpc) is 2.56. The van der Waals surface area contributed by atoms with Crippen LogP contribution in [-0.2, 0) is 0 Å². The largest absolute Gasteiger partial charge is 0.493 e. The Kier molecular flexibility index (Phi) is 5.64. The summed E-state index contributed by atoms with van der Waals surface area (Å²) in [6, 6.07) is 9.47. The molecule has 1 amide bonds. The lowest BCUT2D eigenvalue weighted by Crippen LogP contribution is -2.14. The number of carbonyl (C=O) groups excluding carboxylic acids is 1. The van der Waals surface area contributed by atoms with Crippen molar-refractivity contribution in [2.24, 2.45) is 0 Å². The highest BCUT2D eigenvalue weighted by Gasteiger charge is 2.14. The van der Waals surface area contributed by atoms with Crippen molar-refractivity contribution in [2.45, 2.75) is 26.9 Å². The van der Waals surface area contributed by atoms with E-state index in [-0.39, 0.29) is 17.6 Å². The van der Waals surface area contributed by atoms with Gasteiger partial charge in [-0.25, -0.2) is 4.79 Å². The maximum Gasteiger partial charge on any atom is 0.335 e. The third-order valence-corrected chi connectivity index (χ3v) is 3.52. The summed E-state index contributed by atoms with van der Waals surface area (Å²) in [6.07, 6.45) is -0.0185. The predicted octanol–water partition coefficient (Wildman–Crippen LogP) is 3.74. The first-order chi connectivity index (χ1) is 11.8. The fourth-order valence-electron chi connectivity index (χ4n) is 2.24. The summed E-state index contributed by atoms with van der Waals surface area (Å²) >= 11 is 0. The van der Waals surface area contributed by atoms with Gasteiger partial charge < -0.3 is 19.9 Å². The maximum absolute atomic E-state index is 12.5. The third kappa shape index (κ3) is 4.50. The molecule has 0 bridgehead atoms. The zero-order valence-electron chi connectivity index (χ0n) is 14.6. The second-order valence-electron chi connectivity index (χ2n) is 5.82. The smallest absolute Gasteiger partial charge is 0.335 e. The van der Waals surface area contributed by atoms with E-state index in [4.69, 9.17) is 14.6 Å². The zero-order chi connectivity index (χ0) is 18.6. The van der Waals surface area contributed by atoms with Crippen molar-refractivity contribution in [3.63, 3.8) is 0 Å². The van der Waals surface area contributed by atoms with Crippen LogP contribution in [0.5, 0.6) is 11.5 Å². The molecule has 0 atom stereocenters. The van der Waals surface area contributed by atoms with E-state index in [9.17, 15) is 9.59 Å². The van der Waals surface area contributed by atoms with Crippen LogP contribution in [-0.4, -0.2) is 30.2 Å². The van der Waals surface area contributed by atoms with Gasteiger partial charge in [0, 0.05) is 11.3 Å². The molecule has 2 aromatic rings. The first kappa shape index (κ1) is 18.3. The topological polar surface area (TPSA) is 84.9 Å². The number of hydrogen-bond acceptors (Lipinski definition) is 4. The number of hydrogen-bond donors (Lipinski definition) is 2. The van der Waals surface area contributed by atoms with Gasteiger partial charge in [0.25, 0.3) is 5.91 Å². The highest BCUT2D eigenvalue weighted by Crippen LogP contribution is 2.29. The SMILES string of the molecule is COc1cc(C(=O)Nc2cc(C(=O)O)ccc2C)ccc1OC(C)C. The van der Waals surface area contributed by atoms with Gasteiger partial charge in [0.15, 0.2) is 11.5 Å². The van der Waals surface area contributed by atoms with E-state index in [1.165, 1.54) is 19.2 Å². The number of rotatable bonds is 6. The normalized spacial score (nSPS) is 10.4. The van der Waals surface area contributed by atoms with Crippen LogP contribution in [0.3, 0.4) is 0 Å². The first-order valence-corrected chi connectivity index (χ1v) is 7.81. The standard InChI is InChI=1S/C19H21NO5/c1-11(2)25-16-8-7-13(10-17(16)24-4)18(21)20-15-9-14(19(22)23)6-5-12(15)3/h5-11H,1-4H3,(H,20,21)(H,22,23). The molecule has 0 saturated carbocycles. The Labute approximate surface area is 146 Å². The molecule has 6 heteroatoms. The third-order valence-electron chi connectivity index (χ3n) is 3.52. The van der Waals surface area contributed by atoms with Crippen molar-refractivity contribution < 1.29 is 24.2 Å². The van der Waals surface area contributed by atoms with Gasteiger partial charge in [0.1, 0.15) is 0 Å². The van der Waals surface area contributed by atoms with Crippen molar-refractivity contribution in [3.05, 3.63) is 53.1 Å². The van der Waals surface area contributed by atoms with Crippen molar-refractivity contribution >= 4 is 17.6 Å². The molecule has 0 fully saturated rings. The Bertz CT molecular complexity index is 798. The van der Waals surface area contributed by atoms with Crippen LogP contribution in [0.1, 0.15) is 40.1 Å². The van der Waals surface area contributed by atoms with E-state index in [0.717, 1.165) is 5.56 Å². The van der Waals surface area contributed by atoms with E-state index in [1.807, 2.05) is 13.8 Å². The molecule has 0 aliphatic rings. The Morgan fingerprint density at radius 1 is 1.04 bits per heavy atom. The minimum absolute atomic E-state index is 0.0185. The van der Waals surface area contributed by atoms with E-state index in [0.29, 0.717) is 22.7 Å². The molecular weight excluding hydrogens is 322 g/mol. The van der Waals surface area contributed by atoms with Gasteiger partial charge >= 0.3 is 5.97 Å². The number of aryl methyl sites for hydroxylation is 1. The zero-order valence-corrected chi connectivity index (χ0v) is 14.6. The number of ether oxygens (including phenoxy) is 2. The van der Waals surface area contributed by atoms with Gasteiger partial charge in [0.2, 0.25) is 0 Å². The lowest BCUT2D eigenvalue weighted by Gasteiger charge is -2.15. The average molecular weight is 343 g/mol. The number of carboxylic acid groups (broad SMARTS) is 1. The quantitative estimate of drug-likeness (QED) is 0.834. The van der Waals surface area contributed by atoms with Gasteiger partial charge in [-0.15, -0.1) is 0 Å². The summed E-state index contributed by atoms with van der Waals surface area (Å²) in [5.74, 6) is -0.400. The molecule has 0 aliphatic heterocycles. The number of nitrogens with one attached hydrogen (secondary N) is 1. The Hall–Kier alpha value is -3.02. The van der Waals surface area contributed by atoms with Gasteiger partial charge in [-0.3, -0.25) is 4.79 Å². The molecule has 0 unspecified atom stereocenters. The number of carbonyl (C=O) groups is 2. The van der Waals surface area contributed by atoms with Crippen LogP contribution in [0.15, 0.2) is 36.4 Å². The number of amides is 1. The number of anilines is 1. The van der Waals surface area contributed by atoms with Gasteiger partial charge in [-0.2, -0.15) is 0 Å². The van der Waals surface area contributed by atoms with Crippen LogP contribution < -0.4 is 14.8 Å². The monoisotopic (exact) mass is 343 g/mol. The van der Waals surface area contributed by atoms with Crippen molar-refractivity contribution in [3.8, 4) is 11.5 Å². The van der Waals surface area contributed by atoms with E-state index in [2.05, 4.69) is 5.32 Å². The lowest BCUT2D eigenvalue weighted by atomic mass is 10.1. The molecule has 6 nitrogen and oxygen atoms in total. The molecule has 0 aromatic heterocycles. The molecular formula is C19H21NO5. The lowest BCUT2D eigenvalue weighted by molar-refractivity contribution is 0.0696. The van der Waals surface area contributed by atoms with Gasteiger partial charge in [-0.1, -0.05) is 6.07 Å². The summed E-state index contributed by atoms with van der Waals surface area (Å²) in [7, 11) is 1.50. The van der Waals surface area contributed by atoms with Crippen LogP contribution in [0, 0.1) is 6.92 Å². The molecule has 132 valence electrons. The summed E-state index contributed by atoms with van der Waals surface area (Å²) in [5, 5.41) is 11.8. The Morgan fingerprint density at radius 3 is 2.32 bits per heavy atom. The molecule has 0 radical (unpaired) electrons. The van der Waals surface area contributed by atoms with Crippen LogP contribution in [0.4, 0.5) is 5.69 Å². The number of carboxylic acids is 1.